The van der Waals surface area contributed by atoms with Crippen molar-refractivity contribution in [3.63, 3.8) is 0 Å². The summed E-state index contributed by atoms with van der Waals surface area (Å²) in [6, 6.07) is 6.45. The molecule has 0 saturated carbocycles. The number of rotatable bonds is 1. The minimum Gasteiger partial charge on any atom is -0.226 e. The lowest BCUT2D eigenvalue weighted by molar-refractivity contribution is 0.630. The third-order valence-electron chi connectivity index (χ3n) is 2.07. The highest BCUT2D eigenvalue weighted by atomic mass is 35.5. The van der Waals surface area contributed by atoms with Crippen molar-refractivity contribution in [3.05, 3.63) is 47.1 Å². The van der Waals surface area contributed by atoms with Crippen LogP contribution < -0.4 is 0 Å². The Morgan fingerprint density at radius 2 is 2.00 bits per heavy atom. The van der Waals surface area contributed by atoms with Crippen LogP contribution in [0.15, 0.2) is 30.5 Å². The highest BCUT2D eigenvalue weighted by Gasteiger charge is 2.09. The summed E-state index contributed by atoms with van der Waals surface area (Å²) < 4.78 is 13.5. The second kappa shape index (κ2) is 3.95. The topological polar surface area (TPSA) is 25.8 Å². The van der Waals surface area contributed by atoms with Crippen LogP contribution in [0.4, 0.5) is 4.39 Å². The zero-order valence-electron chi connectivity index (χ0n) is 8.04. The Hall–Kier alpha value is -1.48. The van der Waals surface area contributed by atoms with Crippen molar-refractivity contribution < 1.29 is 4.39 Å². The van der Waals surface area contributed by atoms with Gasteiger partial charge in [0.05, 0.1) is 5.69 Å². The SMILES string of the molecule is Cc1cnc(Cl)nc1-c1ccccc1F. The van der Waals surface area contributed by atoms with Gasteiger partial charge in [-0.25, -0.2) is 14.4 Å². The normalized spacial score (nSPS) is 10.3. The Labute approximate surface area is 91.8 Å². The lowest BCUT2D eigenvalue weighted by Crippen LogP contribution is -1.93. The molecule has 2 aromatic rings. The van der Waals surface area contributed by atoms with E-state index in [2.05, 4.69) is 9.97 Å². The molecule has 1 aromatic heterocycles. The summed E-state index contributed by atoms with van der Waals surface area (Å²) in [6.07, 6.45) is 1.58. The van der Waals surface area contributed by atoms with Crippen LogP contribution in [0.3, 0.4) is 0 Å². The van der Waals surface area contributed by atoms with Crippen molar-refractivity contribution in [2.45, 2.75) is 6.92 Å². The molecular weight excluding hydrogens is 215 g/mol. The Kier molecular flexibility index (Phi) is 2.64. The summed E-state index contributed by atoms with van der Waals surface area (Å²) in [6.45, 7) is 1.82. The summed E-state index contributed by atoms with van der Waals surface area (Å²) in [4.78, 5) is 7.84. The van der Waals surface area contributed by atoms with E-state index < -0.39 is 0 Å². The van der Waals surface area contributed by atoms with Crippen molar-refractivity contribution in [1.82, 2.24) is 9.97 Å². The molecule has 0 atom stereocenters. The highest BCUT2D eigenvalue weighted by molar-refractivity contribution is 6.28. The molecule has 0 amide bonds. The summed E-state index contributed by atoms with van der Waals surface area (Å²) in [5, 5.41) is 0.124. The average Bonchev–Trinajstić information content (AvgIpc) is 2.23. The minimum absolute atomic E-state index is 0.124. The van der Waals surface area contributed by atoms with Gasteiger partial charge in [0.15, 0.2) is 0 Å². The molecule has 0 spiro atoms. The third kappa shape index (κ3) is 1.97. The predicted molar refractivity (Wildman–Crippen MR) is 57.2 cm³/mol. The predicted octanol–water partition coefficient (Wildman–Crippen LogP) is 3.24. The third-order valence-corrected chi connectivity index (χ3v) is 2.25. The van der Waals surface area contributed by atoms with E-state index in [1.807, 2.05) is 6.92 Å². The summed E-state index contributed by atoms with van der Waals surface area (Å²) >= 11 is 5.67. The Morgan fingerprint density at radius 3 is 2.73 bits per heavy atom. The lowest BCUT2D eigenvalue weighted by atomic mass is 10.1. The Bertz CT molecular complexity index is 500. The van der Waals surface area contributed by atoms with Gasteiger partial charge in [-0.2, -0.15) is 0 Å². The molecule has 0 N–H and O–H groups in total. The largest absolute Gasteiger partial charge is 0.226 e. The molecule has 0 saturated heterocycles. The van der Waals surface area contributed by atoms with Gasteiger partial charge in [-0.15, -0.1) is 0 Å². The fourth-order valence-electron chi connectivity index (χ4n) is 1.35. The first-order valence-electron chi connectivity index (χ1n) is 4.42. The molecule has 1 heterocycles. The van der Waals surface area contributed by atoms with Gasteiger partial charge in [0.1, 0.15) is 5.82 Å². The zero-order chi connectivity index (χ0) is 10.8. The van der Waals surface area contributed by atoms with Crippen LogP contribution in [0.25, 0.3) is 11.3 Å². The number of hydrogen-bond acceptors (Lipinski definition) is 2. The second-order valence-corrected chi connectivity index (χ2v) is 3.49. The molecule has 0 aliphatic carbocycles. The molecule has 0 radical (unpaired) electrons. The van der Waals surface area contributed by atoms with Gasteiger partial charge >= 0.3 is 0 Å². The molecule has 0 fully saturated rings. The molecule has 1 aromatic carbocycles. The van der Waals surface area contributed by atoms with Crippen LogP contribution in [-0.2, 0) is 0 Å². The highest BCUT2D eigenvalue weighted by Crippen LogP contribution is 2.24. The first-order valence-corrected chi connectivity index (χ1v) is 4.80. The maximum Gasteiger partial charge on any atom is 0.222 e. The van der Waals surface area contributed by atoms with E-state index in [9.17, 15) is 4.39 Å². The first kappa shape index (κ1) is 10.1. The molecule has 4 heteroatoms. The van der Waals surface area contributed by atoms with Crippen LogP contribution in [0, 0.1) is 12.7 Å². The van der Waals surface area contributed by atoms with E-state index in [-0.39, 0.29) is 11.1 Å². The number of aromatic nitrogens is 2. The van der Waals surface area contributed by atoms with E-state index in [1.54, 1.807) is 24.4 Å². The van der Waals surface area contributed by atoms with Crippen molar-refractivity contribution in [1.29, 1.82) is 0 Å². The van der Waals surface area contributed by atoms with Crippen LogP contribution in [0.1, 0.15) is 5.56 Å². The van der Waals surface area contributed by atoms with E-state index in [0.717, 1.165) is 5.56 Å². The second-order valence-electron chi connectivity index (χ2n) is 3.15. The van der Waals surface area contributed by atoms with E-state index in [0.29, 0.717) is 11.3 Å². The summed E-state index contributed by atoms with van der Waals surface area (Å²) in [5.41, 5.74) is 1.77. The smallest absolute Gasteiger partial charge is 0.222 e. The van der Waals surface area contributed by atoms with E-state index >= 15 is 0 Å². The van der Waals surface area contributed by atoms with Crippen molar-refractivity contribution in [3.8, 4) is 11.3 Å². The average molecular weight is 223 g/mol. The fraction of sp³-hybridized carbons (Fsp3) is 0.0909. The molecule has 0 aliphatic rings. The fourth-order valence-corrected chi connectivity index (χ4v) is 1.48. The Balaban J connectivity index is 2.64. The summed E-state index contributed by atoms with van der Waals surface area (Å²) in [5.74, 6) is -0.310. The van der Waals surface area contributed by atoms with Crippen molar-refractivity contribution in [2.24, 2.45) is 0 Å². The van der Waals surface area contributed by atoms with Crippen LogP contribution in [0.5, 0.6) is 0 Å². The lowest BCUT2D eigenvalue weighted by Gasteiger charge is -2.05. The number of aryl methyl sites for hydroxylation is 1. The molecule has 0 bridgehead atoms. The van der Waals surface area contributed by atoms with Crippen LogP contribution >= 0.6 is 11.6 Å². The number of nitrogens with zero attached hydrogens (tertiary/aromatic N) is 2. The van der Waals surface area contributed by atoms with E-state index in [4.69, 9.17) is 11.6 Å². The van der Waals surface area contributed by atoms with Gasteiger partial charge in [-0.1, -0.05) is 12.1 Å². The molecule has 0 aliphatic heterocycles. The van der Waals surface area contributed by atoms with Gasteiger partial charge in [-0.05, 0) is 36.2 Å². The first-order chi connectivity index (χ1) is 7.18. The number of hydrogen-bond donors (Lipinski definition) is 0. The monoisotopic (exact) mass is 222 g/mol. The number of halogens is 2. The molecule has 2 rings (SSSR count). The molecule has 15 heavy (non-hydrogen) atoms. The zero-order valence-corrected chi connectivity index (χ0v) is 8.79. The maximum atomic E-state index is 13.5. The molecule has 2 nitrogen and oxygen atoms in total. The van der Waals surface area contributed by atoms with Crippen LogP contribution in [-0.4, -0.2) is 9.97 Å². The number of benzene rings is 1. The van der Waals surface area contributed by atoms with Crippen molar-refractivity contribution in [2.75, 3.05) is 0 Å². The van der Waals surface area contributed by atoms with Gasteiger partial charge in [0.25, 0.3) is 0 Å². The van der Waals surface area contributed by atoms with Gasteiger partial charge < -0.3 is 0 Å². The molecule has 76 valence electrons. The minimum atomic E-state index is -0.310. The van der Waals surface area contributed by atoms with Gasteiger partial charge in [-0.3, -0.25) is 0 Å². The van der Waals surface area contributed by atoms with Gasteiger partial charge in [0, 0.05) is 11.8 Å². The Morgan fingerprint density at radius 1 is 1.27 bits per heavy atom. The standard InChI is InChI=1S/C11H8ClFN2/c1-7-6-14-11(12)15-10(7)8-4-2-3-5-9(8)13/h2-6H,1H3. The quantitative estimate of drug-likeness (QED) is 0.693. The van der Waals surface area contributed by atoms with Gasteiger partial charge in [0.2, 0.25) is 5.28 Å². The van der Waals surface area contributed by atoms with Crippen molar-refractivity contribution >= 4 is 11.6 Å². The maximum absolute atomic E-state index is 13.5. The van der Waals surface area contributed by atoms with Crippen LogP contribution in [0.2, 0.25) is 5.28 Å². The molecule has 0 unspecified atom stereocenters. The van der Waals surface area contributed by atoms with E-state index in [1.165, 1.54) is 6.07 Å². The summed E-state index contributed by atoms with van der Waals surface area (Å²) in [7, 11) is 0. The molecular formula is C11H8ClFN2.